The van der Waals surface area contributed by atoms with Gasteiger partial charge in [-0.1, -0.05) is 46.7 Å². The number of piperidine rings is 1. The standard InChI is InChI=1S/C20H23BrN4O3S/c1-3-15-22-20-25(23-15)18(26)17(29-20)16(12-4-6-14(21)7-5-12)24-10-8-13(9-11-24)19(27)28-2/h4-7,13,16-17H,3,8-11H2,1-2H3. The SMILES string of the molecule is CCc1nc2n(n1)C(=O)C(C(c1ccc(Br)cc1)N1CCC(C(=O)OC)CC1)S2. The van der Waals surface area contributed by atoms with Crippen molar-refractivity contribution in [1.29, 1.82) is 0 Å². The minimum atomic E-state index is -0.313. The molecule has 0 radical (unpaired) electrons. The lowest BCUT2D eigenvalue weighted by Crippen LogP contribution is -2.44. The average molecular weight is 479 g/mol. The first-order valence-corrected chi connectivity index (χ1v) is 11.4. The molecule has 2 aromatic rings. The Labute approximate surface area is 182 Å². The number of ether oxygens (including phenoxy) is 1. The number of thioether (sulfide) groups is 1. The van der Waals surface area contributed by atoms with Gasteiger partial charge in [-0.05, 0) is 43.6 Å². The monoisotopic (exact) mass is 478 g/mol. The van der Waals surface area contributed by atoms with E-state index in [1.807, 2.05) is 19.1 Å². The molecule has 29 heavy (non-hydrogen) atoms. The third kappa shape index (κ3) is 4.00. The van der Waals surface area contributed by atoms with Crippen LogP contribution in [-0.2, 0) is 16.0 Å². The van der Waals surface area contributed by atoms with E-state index < -0.39 is 0 Å². The third-order valence-electron chi connectivity index (χ3n) is 5.58. The second-order valence-electron chi connectivity index (χ2n) is 7.28. The van der Waals surface area contributed by atoms with E-state index in [-0.39, 0.29) is 29.1 Å². The van der Waals surface area contributed by atoms with Crippen molar-refractivity contribution < 1.29 is 14.3 Å². The van der Waals surface area contributed by atoms with Gasteiger partial charge in [0.05, 0.1) is 19.1 Å². The number of esters is 1. The van der Waals surface area contributed by atoms with Crippen molar-refractivity contribution in [3.8, 4) is 0 Å². The van der Waals surface area contributed by atoms with Crippen LogP contribution in [0.2, 0.25) is 0 Å². The molecule has 7 nitrogen and oxygen atoms in total. The molecule has 0 saturated carbocycles. The summed E-state index contributed by atoms with van der Waals surface area (Å²) < 4.78 is 7.37. The summed E-state index contributed by atoms with van der Waals surface area (Å²) in [5, 5.41) is 4.73. The Morgan fingerprint density at radius 1 is 1.31 bits per heavy atom. The Morgan fingerprint density at radius 3 is 2.59 bits per heavy atom. The molecule has 0 bridgehead atoms. The number of aromatic nitrogens is 3. The number of likely N-dealkylation sites (tertiary alicyclic amines) is 1. The maximum absolute atomic E-state index is 13.2. The van der Waals surface area contributed by atoms with Gasteiger partial charge in [0.25, 0.3) is 5.91 Å². The molecule has 3 heterocycles. The summed E-state index contributed by atoms with van der Waals surface area (Å²) in [4.78, 5) is 31.9. The molecular weight excluding hydrogens is 456 g/mol. The Balaban J connectivity index is 1.60. The van der Waals surface area contributed by atoms with E-state index in [1.54, 1.807) is 0 Å². The molecule has 2 unspecified atom stereocenters. The Hall–Kier alpha value is -1.71. The maximum atomic E-state index is 13.2. The number of aryl methyl sites for hydroxylation is 1. The van der Waals surface area contributed by atoms with Gasteiger partial charge in [-0.25, -0.2) is 4.98 Å². The smallest absolute Gasteiger partial charge is 0.308 e. The van der Waals surface area contributed by atoms with Crippen molar-refractivity contribution in [3.05, 3.63) is 40.1 Å². The van der Waals surface area contributed by atoms with Crippen LogP contribution in [0.1, 0.15) is 42.0 Å². The number of nitrogens with zero attached hydrogens (tertiary/aromatic N) is 4. The topological polar surface area (TPSA) is 77.3 Å². The molecule has 0 N–H and O–H groups in total. The normalized spacial score (nSPS) is 21.2. The van der Waals surface area contributed by atoms with Crippen molar-refractivity contribution in [2.75, 3.05) is 20.2 Å². The summed E-state index contributed by atoms with van der Waals surface area (Å²) in [6.07, 6.45) is 2.16. The van der Waals surface area contributed by atoms with Crippen LogP contribution in [0, 0.1) is 5.92 Å². The molecule has 2 atom stereocenters. The summed E-state index contributed by atoms with van der Waals surface area (Å²) in [6.45, 7) is 3.45. The number of carbonyl (C=O) groups is 2. The fourth-order valence-electron chi connectivity index (χ4n) is 4.01. The van der Waals surface area contributed by atoms with Gasteiger partial charge in [0.2, 0.25) is 0 Å². The summed E-state index contributed by atoms with van der Waals surface area (Å²) in [6, 6.07) is 8.01. The second-order valence-corrected chi connectivity index (χ2v) is 9.31. The Morgan fingerprint density at radius 2 is 2.00 bits per heavy atom. The van der Waals surface area contributed by atoms with Crippen LogP contribution in [0.5, 0.6) is 0 Å². The lowest BCUT2D eigenvalue weighted by molar-refractivity contribution is -0.147. The van der Waals surface area contributed by atoms with Crippen molar-refractivity contribution in [2.45, 2.75) is 42.6 Å². The highest BCUT2D eigenvalue weighted by Gasteiger charge is 2.44. The Bertz CT molecular complexity index is 909. The lowest BCUT2D eigenvalue weighted by atomic mass is 9.93. The number of carbonyl (C=O) groups excluding carboxylic acids is 2. The number of hydrogen-bond donors (Lipinski definition) is 0. The van der Waals surface area contributed by atoms with Gasteiger partial charge in [0.1, 0.15) is 5.25 Å². The lowest BCUT2D eigenvalue weighted by Gasteiger charge is -2.38. The molecule has 4 rings (SSSR count). The molecule has 0 spiro atoms. The van der Waals surface area contributed by atoms with E-state index in [2.05, 4.69) is 43.0 Å². The quantitative estimate of drug-likeness (QED) is 0.609. The zero-order valence-electron chi connectivity index (χ0n) is 16.4. The minimum Gasteiger partial charge on any atom is -0.469 e. The fourth-order valence-corrected chi connectivity index (χ4v) is 5.55. The predicted octanol–water partition coefficient (Wildman–Crippen LogP) is 3.34. The van der Waals surface area contributed by atoms with Crippen molar-refractivity contribution >= 4 is 39.6 Å². The zero-order chi connectivity index (χ0) is 20.5. The number of methoxy groups -OCH3 is 1. The second kappa shape index (κ2) is 8.57. The highest BCUT2D eigenvalue weighted by atomic mass is 79.9. The first-order chi connectivity index (χ1) is 14.0. The van der Waals surface area contributed by atoms with E-state index in [1.165, 1.54) is 23.6 Å². The first-order valence-electron chi connectivity index (χ1n) is 9.76. The zero-order valence-corrected chi connectivity index (χ0v) is 18.8. The van der Waals surface area contributed by atoms with Crippen molar-refractivity contribution in [3.63, 3.8) is 0 Å². The number of hydrogen-bond acceptors (Lipinski definition) is 7. The molecule has 1 aromatic carbocycles. The molecular formula is C20H23BrN4O3S. The van der Waals surface area contributed by atoms with Crippen LogP contribution in [0.15, 0.2) is 33.9 Å². The van der Waals surface area contributed by atoms with Crippen molar-refractivity contribution in [1.82, 2.24) is 19.7 Å². The largest absolute Gasteiger partial charge is 0.469 e. The third-order valence-corrected chi connectivity index (χ3v) is 7.29. The van der Waals surface area contributed by atoms with Crippen LogP contribution in [0.25, 0.3) is 0 Å². The van der Waals surface area contributed by atoms with Crippen molar-refractivity contribution in [2.24, 2.45) is 5.92 Å². The average Bonchev–Trinajstić information content (AvgIpc) is 3.29. The van der Waals surface area contributed by atoms with E-state index in [4.69, 9.17) is 4.74 Å². The summed E-state index contributed by atoms with van der Waals surface area (Å²) in [7, 11) is 1.44. The van der Waals surface area contributed by atoms with Crippen LogP contribution in [0.4, 0.5) is 0 Å². The van der Waals surface area contributed by atoms with Gasteiger partial charge in [-0.15, -0.1) is 5.10 Å². The molecule has 2 aliphatic rings. The summed E-state index contributed by atoms with van der Waals surface area (Å²) in [5.41, 5.74) is 1.08. The van der Waals surface area contributed by atoms with Crippen LogP contribution >= 0.6 is 27.7 Å². The maximum Gasteiger partial charge on any atom is 0.308 e. The van der Waals surface area contributed by atoms with E-state index >= 15 is 0 Å². The van der Waals surface area contributed by atoms with Crippen LogP contribution < -0.4 is 0 Å². The summed E-state index contributed by atoms with van der Waals surface area (Å²) in [5.74, 6) is 0.448. The van der Waals surface area contributed by atoms with Gasteiger partial charge in [-0.3, -0.25) is 14.5 Å². The fraction of sp³-hybridized carbons (Fsp3) is 0.500. The first kappa shape index (κ1) is 20.6. The predicted molar refractivity (Wildman–Crippen MR) is 113 cm³/mol. The molecule has 1 fully saturated rings. The number of fused-ring (bicyclic) bond motifs is 1. The molecule has 9 heteroatoms. The van der Waals surface area contributed by atoms with Gasteiger partial charge in [-0.2, -0.15) is 4.68 Å². The van der Waals surface area contributed by atoms with Gasteiger partial charge in [0, 0.05) is 10.9 Å². The number of benzene rings is 1. The van der Waals surface area contributed by atoms with E-state index in [0.29, 0.717) is 17.4 Å². The molecule has 1 aromatic heterocycles. The van der Waals surface area contributed by atoms with E-state index in [0.717, 1.165) is 36.0 Å². The molecule has 154 valence electrons. The Kier molecular flexibility index (Phi) is 6.08. The molecule has 1 saturated heterocycles. The highest BCUT2D eigenvalue weighted by Crippen LogP contribution is 2.42. The van der Waals surface area contributed by atoms with Crippen LogP contribution in [-0.4, -0.2) is 57.0 Å². The summed E-state index contributed by atoms with van der Waals surface area (Å²) >= 11 is 4.98. The number of halogens is 1. The van der Waals surface area contributed by atoms with E-state index in [9.17, 15) is 9.59 Å². The molecule has 2 aliphatic heterocycles. The van der Waals surface area contributed by atoms with Crippen LogP contribution in [0.3, 0.4) is 0 Å². The molecule has 0 aliphatic carbocycles. The molecule has 0 amide bonds. The minimum absolute atomic E-state index is 0.0276. The van der Waals surface area contributed by atoms with Gasteiger partial charge < -0.3 is 4.74 Å². The number of rotatable bonds is 5. The highest BCUT2D eigenvalue weighted by molar-refractivity contribution is 9.10. The van der Waals surface area contributed by atoms with Gasteiger partial charge in [0.15, 0.2) is 11.0 Å². The van der Waals surface area contributed by atoms with Gasteiger partial charge >= 0.3 is 5.97 Å².